The largest absolute Gasteiger partial charge is 0.360 e. The first-order valence-corrected chi connectivity index (χ1v) is 5.25. The van der Waals surface area contributed by atoms with Gasteiger partial charge < -0.3 is 5.32 Å². The number of nitro groups is 1. The lowest BCUT2D eigenvalue weighted by Crippen LogP contribution is -2.05. The Morgan fingerprint density at radius 2 is 2.06 bits per heavy atom. The van der Waals surface area contributed by atoms with Crippen LogP contribution in [0.5, 0.6) is 0 Å². The summed E-state index contributed by atoms with van der Waals surface area (Å²) in [5, 5.41) is 13.5. The van der Waals surface area contributed by atoms with Gasteiger partial charge in [0.2, 0.25) is 5.82 Å². The highest BCUT2D eigenvalue weighted by atomic mass is 19.1. The minimum atomic E-state index is -0.531. The molecular formula is C12H10FN3O2. The van der Waals surface area contributed by atoms with Crippen LogP contribution in [-0.2, 0) is 6.54 Å². The molecule has 0 aliphatic heterocycles. The van der Waals surface area contributed by atoms with Gasteiger partial charge in [-0.25, -0.2) is 9.37 Å². The number of benzene rings is 1. The van der Waals surface area contributed by atoms with E-state index in [1.54, 1.807) is 18.2 Å². The molecule has 1 aromatic carbocycles. The minimum absolute atomic E-state index is 0.130. The summed E-state index contributed by atoms with van der Waals surface area (Å²) in [7, 11) is 0. The number of hydrogen-bond donors (Lipinski definition) is 1. The molecule has 18 heavy (non-hydrogen) atoms. The Balaban J connectivity index is 2.16. The highest BCUT2D eigenvalue weighted by Crippen LogP contribution is 2.21. The molecule has 6 heteroatoms. The quantitative estimate of drug-likeness (QED) is 0.666. The third-order valence-corrected chi connectivity index (χ3v) is 2.39. The van der Waals surface area contributed by atoms with Gasteiger partial charge in [-0.2, -0.15) is 0 Å². The first-order chi connectivity index (χ1) is 8.68. The van der Waals surface area contributed by atoms with Crippen LogP contribution in [0, 0.1) is 15.9 Å². The minimum Gasteiger partial charge on any atom is -0.360 e. The summed E-state index contributed by atoms with van der Waals surface area (Å²) in [5.41, 5.74) is 0.297. The van der Waals surface area contributed by atoms with Crippen molar-refractivity contribution in [1.82, 2.24) is 4.98 Å². The van der Waals surface area contributed by atoms with Crippen molar-refractivity contribution < 1.29 is 9.31 Å². The zero-order valence-electron chi connectivity index (χ0n) is 9.34. The molecule has 1 aromatic heterocycles. The fraction of sp³-hybridized carbons (Fsp3) is 0.0833. The third kappa shape index (κ3) is 2.60. The highest BCUT2D eigenvalue weighted by Gasteiger charge is 2.13. The van der Waals surface area contributed by atoms with Crippen molar-refractivity contribution in [3.05, 3.63) is 64.1 Å². The van der Waals surface area contributed by atoms with Gasteiger partial charge in [0.15, 0.2) is 0 Å². The predicted molar refractivity (Wildman–Crippen MR) is 64.6 cm³/mol. The van der Waals surface area contributed by atoms with Gasteiger partial charge in [0.1, 0.15) is 5.82 Å². The Morgan fingerprint density at radius 1 is 1.28 bits per heavy atom. The summed E-state index contributed by atoms with van der Waals surface area (Å²) in [6.07, 6.45) is 1.44. The summed E-state index contributed by atoms with van der Waals surface area (Å²) < 4.78 is 13.4. The number of nitrogens with one attached hydrogen (secondary N) is 1. The number of halogens is 1. The molecule has 0 spiro atoms. The molecule has 0 aliphatic rings. The van der Waals surface area contributed by atoms with E-state index in [-0.39, 0.29) is 23.9 Å². The molecule has 92 valence electrons. The lowest BCUT2D eigenvalue weighted by Gasteiger charge is -2.06. The maximum atomic E-state index is 13.4. The molecule has 0 bridgehead atoms. The standard InChI is InChI=1S/C12H10FN3O2/c13-10-5-2-1-4-9(10)8-15-12-11(16(17)18)6-3-7-14-12/h1-7H,8H2,(H,14,15). The summed E-state index contributed by atoms with van der Waals surface area (Å²) >= 11 is 0. The summed E-state index contributed by atoms with van der Waals surface area (Å²) in [6.45, 7) is 0.143. The maximum absolute atomic E-state index is 13.4. The topological polar surface area (TPSA) is 68.1 Å². The third-order valence-electron chi connectivity index (χ3n) is 2.39. The van der Waals surface area contributed by atoms with Gasteiger partial charge in [0.05, 0.1) is 4.92 Å². The lowest BCUT2D eigenvalue weighted by molar-refractivity contribution is -0.384. The van der Waals surface area contributed by atoms with Crippen LogP contribution < -0.4 is 5.32 Å². The van der Waals surface area contributed by atoms with Crippen LogP contribution >= 0.6 is 0 Å². The van der Waals surface area contributed by atoms with Gasteiger partial charge in [-0.1, -0.05) is 18.2 Å². The molecule has 1 N–H and O–H groups in total. The van der Waals surface area contributed by atoms with E-state index in [0.29, 0.717) is 5.56 Å². The van der Waals surface area contributed by atoms with Crippen molar-refractivity contribution in [2.45, 2.75) is 6.54 Å². The molecule has 0 radical (unpaired) electrons. The van der Waals surface area contributed by atoms with E-state index in [0.717, 1.165) is 0 Å². The summed E-state index contributed by atoms with van der Waals surface area (Å²) in [4.78, 5) is 14.1. The van der Waals surface area contributed by atoms with Crippen LogP contribution in [0.15, 0.2) is 42.6 Å². The highest BCUT2D eigenvalue weighted by molar-refractivity contribution is 5.55. The van der Waals surface area contributed by atoms with Gasteiger partial charge in [-0.15, -0.1) is 0 Å². The van der Waals surface area contributed by atoms with Gasteiger partial charge in [0.25, 0.3) is 0 Å². The Bertz CT molecular complexity index is 575. The predicted octanol–water partition coefficient (Wildman–Crippen LogP) is 2.74. The van der Waals surface area contributed by atoms with Crippen LogP contribution in [0.3, 0.4) is 0 Å². The van der Waals surface area contributed by atoms with Crippen molar-refractivity contribution in [3.8, 4) is 0 Å². The van der Waals surface area contributed by atoms with Gasteiger partial charge in [0, 0.05) is 24.4 Å². The second kappa shape index (κ2) is 5.22. The zero-order chi connectivity index (χ0) is 13.0. The van der Waals surface area contributed by atoms with E-state index < -0.39 is 4.92 Å². The molecular weight excluding hydrogens is 237 g/mol. The molecule has 1 heterocycles. The molecule has 0 atom stereocenters. The maximum Gasteiger partial charge on any atom is 0.311 e. The summed E-state index contributed by atoms with van der Waals surface area (Å²) in [5.74, 6) is -0.227. The van der Waals surface area contributed by atoms with Gasteiger partial charge in [-0.05, 0) is 12.1 Å². The van der Waals surface area contributed by atoms with Crippen molar-refractivity contribution in [2.75, 3.05) is 5.32 Å². The van der Waals surface area contributed by atoms with Crippen LogP contribution in [0.1, 0.15) is 5.56 Å². The molecule has 0 aliphatic carbocycles. The monoisotopic (exact) mass is 247 g/mol. The van der Waals surface area contributed by atoms with Crippen molar-refractivity contribution >= 4 is 11.5 Å². The van der Waals surface area contributed by atoms with E-state index in [1.165, 1.54) is 24.4 Å². The van der Waals surface area contributed by atoms with Crippen LogP contribution in [0.25, 0.3) is 0 Å². The SMILES string of the molecule is O=[N+]([O-])c1cccnc1NCc1ccccc1F. The number of aromatic nitrogens is 1. The molecule has 0 saturated heterocycles. The molecule has 0 saturated carbocycles. The normalized spacial score (nSPS) is 10.1. The fourth-order valence-corrected chi connectivity index (χ4v) is 1.50. The Hall–Kier alpha value is -2.50. The van der Waals surface area contributed by atoms with Gasteiger partial charge >= 0.3 is 5.69 Å². The summed E-state index contributed by atoms with van der Waals surface area (Å²) in [6, 6.07) is 9.05. The number of hydrogen-bond acceptors (Lipinski definition) is 4. The first-order valence-electron chi connectivity index (χ1n) is 5.25. The number of anilines is 1. The zero-order valence-corrected chi connectivity index (χ0v) is 9.34. The number of pyridine rings is 1. The number of rotatable bonds is 4. The van der Waals surface area contributed by atoms with E-state index in [1.807, 2.05) is 0 Å². The molecule has 5 nitrogen and oxygen atoms in total. The Kier molecular flexibility index (Phi) is 3.47. The van der Waals surface area contributed by atoms with E-state index >= 15 is 0 Å². The van der Waals surface area contributed by atoms with Crippen molar-refractivity contribution in [3.63, 3.8) is 0 Å². The van der Waals surface area contributed by atoms with Crippen LogP contribution in [-0.4, -0.2) is 9.91 Å². The van der Waals surface area contributed by atoms with Crippen LogP contribution in [0.2, 0.25) is 0 Å². The molecule has 0 amide bonds. The smallest absolute Gasteiger partial charge is 0.311 e. The number of nitrogens with zero attached hydrogens (tertiary/aromatic N) is 2. The second-order valence-electron chi connectivity index (χ2n) is 3.57. The van der Waals surface area contributed by atoms with Crippen molar-refractivity contribution in [2.24, 2.45) is 0 Å². The van der Waals surface area contributed by atoms with E-state index in [2.05, 4.69) is 10.3 Å². The molecule has 0 fully saturated rings. The molecule has 0 unspecified atom stereocenters. The average Bonchev–Trinajstić information content (AvgIpc) is 2.38. The van der Waals surface area contributed by atoms with Crippen molar-refractivity contribution in [1.29, 1.82) is 0 Å². The Morgan fingerprint density at radius 3 is 2.78 bits per heavy atom. The van der Waals surface area contributed by atoms with E-state index in [4.69, 9.17) is 0 Å². The fourth-order valence-electron chi connectivity index (χ4n) is 1.50. The average molecular weight is 247 g/mol. The Labute approximate surface area is 102 Å². The first kappa shape index (κ1) is 12.0. The van der Waals surface area contributed by atoms with Gasteiger partial charge in [-0.3, -0.25) is 10.1 Å². The lowest BCUT2D eigenvalue weighted by atomic mass is 10.2. The molecule has 2 aromatic rings. The van der Waals surface area contributed by atoms with Crippen LogP contribution in [0.4, 0.5) is 15.9 Å². The second-order valence-corrected chi connectivity index (χ2v) is 3.57. The molecule has 2 rings (SSSR count). The van der Waals surface area contributed by atoms with E-state index in [9.17, 15) is 14.5 Å².